The van der Waals surface area contributed by atoms with Crippen LogP contribution in [0.5, 0.6) is 0 Å². The number of rotatable bonds is 7. The number of aromatic nitrogens is 2. The van der Waals surface area contributed by atoms with Crippen LogP contribution in [0.15, 0.2) is 40.9 Å². The Kier molecular flexibility index (Phi) is 6.67. The predicted octanol–water partition coefficient (Wildman–Crippen LogP) is 7.52. The van der Waals surface area contributed by atoms with Crippen LogP contribution in [0.25, 0.3) is 21.5 Å². The predicted molar refractivity (Wildman–Crippen MR) is 153 cm³/mol. The Morgan fingerprint density at radius 3 is 2.52 bits per heavy atom. The van der Waals surface area contributed by atoms with Gasteiger partial charge in [-0.2, -0.15) is 0 Å². The molecular formula is C30H28Cl2N2O5S. The molecule has 2 atom stereocenters. The summed E-state index contributed by atoms with van der Waals surface area (Å²) in [5.41, 5.74) is 2.50. The molecule has 0 amide bonds. The topological polar surface area (TPSA) is 94.7 Å². The molecule has 7 nitrogen and oxygen atoms in total. The van der Waals surface area contributed by atoms with Crippen molar-refractivity contribution in [2.75, 3.05) is 7.11 Å². The first kappa shape index (κ1) is 26.4. The average molecular weight is 600 g/mol. The van der Waals surface area contributed by atoms with Gasteiger partial charge in [-0.1, -0.05) is 34.4 Å². The number of carbonyl (C=O) groups excluding carboxylic acids is 1. The number of nitrogens with zero attached hydrogens (tertiary/aromatic N) is 2. The van der Waals surface area contributed by atoms with Gasteiger partial charge in [0.1, 0.15) is 22.1 Å². The lowest BCUT2D eigenvalue weighted by Crippen LogP contribution is -2.44. The maximum absolute atomic E-state index is 12.1. The fraction of sp³-hybridized carbons (Fsp3) is 0.433. The first-order valence-electron chi connectivity index (χ1n) is 13.6. The quantitative estimate of drug-likeness (QED) is 0.220. The van der Waals surface area contributed by atoms with Crippen LogP contribution >= 0.6 is 34.5 Å². The van der Waals surface area contributed by atoms with E-state index >= 15 is 0 Å². The van der Waals surface area contributed by atoms with Gasteiger partial charge in [-0.05, 0) is 80.7 Å². The third kappa shape index (κ3) is 4.36. The Bertz CT molecular complexity index is 1580. The van der Waals surface area contributed by atoms with E-state index in [-0.39, 0.29) is 23.9 Å². The summed E-state index contributed by atoms with van der Waals surface area (Å²) in [6.07, 6.45) is 5.46. The molecule has 4 aromatic rings. The number of hydrogen-bond donors (Lipinski definition) is 1. The molecule has 0 aliphatic heterocycles. The van der Waals surface area contributed by atoms with Crippen molar-refractivity contribution in [1.82, 2.24) is 10.1 Å². The molecule has 0 saturated heterocycles. The Labute approximate surface area is 245 Å². The lowest BCUT2D eigenvalue weighted by Gasteiger charge is -2.41. The largest absolute Gasteiger partial charge is 0.465 e. The zero-order chi connectivity index (χ0) is 27.6. The molecule has 2 aromatic carbocycles. The minimum atomic E-state index is -0.998. The molecular weight excluding hydrogens is 571 g/mol. The van der Waals surface area contributed by atoms with Crippen LogP contribution in [-0.4, -0.2) is 34.4 Å². The Hall–Kier alpha value is -2.49. The summed E-state index contributed by atoms with van der Waals surface area (Å²) in [5.74, 6) is 0.917. The summed E-state index contributed by atoms with van der Waals surface area (Å²) in [7, 11) is 1.37. The van der Waals surface area contributed by atoms with Crippen molar-refractivity contribution in [3.63, 3.8) is 0 Å². The molecule has 3 fully saturated rings. The molecule has 40 heavy (non-hydrogen) atoms. The molecule has 2 unspecified atom stereocenters. The minimum Gasteiger partial charge on any atom is -0.465 e. The second-order valence-electron chi connectivity index (χ2n) is 11.1. The monoisotopic (exact) mass is 598 g/mol. The summed E-state index contributed by atoms with van der Waals surface area (Å²) in [5, 5.41) is 18.2. The maximum atomic E-state index is 12.1. The molecule has 3 saturated carbocycles. The molecule has 2 aromatic heterocycles. The van der Waals surface area contributed by atoms with Crippen molar-refractivity contribution in [1.29, 1.82) is 0 Å². The number of hydrogen-bond acceptors (Lipinski definition) is 8. The van der Waals surface area contributed by atoms with Crippen molar-refractivity contribution < 1.29 is 23.9 Å². The van der Waals surface area contributed by atoms with Crippen molar-refractivity contribution in [3.05, 3.63) is 68.3 Å². The van der Waals surface area contributed by atoms with E-state index in [4.69, 9.17) is 42.2 Å². The summed E-state index contributed by atoms with van der Waals surface area (Å²) >= 11 is 14.5. The second kappa shape index (κ2) is 10.1. The minimum absolute atomic E-state index is 0.00500. The Balaban J connectivity index is 1.12. The normalized spacial score (nSPS) is 25.9. The highest BCUT2D eigenvalue weighted by molar-refractivity contribution is 7.18. The van der Waals surface area contributed by atoms with Crippen LogP contribution in [0.3, 0.4) is 0 Å². The summed E-state index contributed by atoms with van der Waals surface area (Å²) in [6.45, 7) is 0.353. The first-order chi connectivity index (χ1) is 19.4. The fourth-order valence-corrected chi connectivity index (χ4v) is 8.41. The number of aliphatic hydroxyl groups is 1. The second-order valence-corrected chi connectivity index (χ2v) is 13.0. The highest BCUT2D eigenvalue weighted by Crippen LogP contribution is 2.57. The highest BCUT2D eigenvalue weighted by atomic mass is 35.5. The van der Waals surface area contributed by atoms with Gasteiger partial charge in [-0.15, -0.1) is 11.3 Å². The van der Waals surface area contributed by atoms with Crippen LogP contribution in [-0.2, 0) is 21.7 Å². The van der Waals surface area contributed by atoms with Gasteiger partial charge in [-0.3, -0.25) is 0 Å². The van der Waals surface area contributed by atoms with Gasteiger partial charge in [0, 0.05) is 17.0 Å². The fourth-order valence-electron chi connectivity index (χ4n) is 6.58. The third-order valence-electron chi connectivity index (χ3n) is 8.78. The van der Waals surface area contributed by atoms with Gasteiger partial charge in [0.2, 0.25) is 0 Å². The van der Waals surface area contributed by atoms with Gasteiger partial charge >= 0.3 is 5.97 Å². The van der Waals surface area contributed by atoms with Crippen LogP contribution in [0, 0.1) is 11.8 Å². The standard InChI is InChI=1S/C30H28Cl2N2O5S/c1-37-28(35)16-7-10-23-24(11-16)40-29(33-23)30(36)17-8-9-18(30)13-19(12-17)38-14-20-26(34-39-27(20)15-5-6-15)25-21(31)3-2-4-22(25)32/h2-4,7,10-11,15,17-19,36H,5-6,8-9,12-14H2,1H3. The lowest BCUT2D eigenvalue weighted by molar-refractivity contribution is -0.116. The van der Waals surface area contributed by atoms with E-state index in [9.17, 15) is 9.90 Å². The van der Waals surface area contributed by atoms with Crippen molar-refractivity contribution in [2.24, 2.45) is 11.8 Å². The lowest BCUT2D eigenvalue weighted by atomic mass is 9.73. The van der Waals surface area contributed by atoms with Gasteiger partial charge in [-0.25, -0.2) is 9.78 Å². The molecule has 0 radical (unpaired) electrons. The molecule has 208 valence electrons. The third-order valence-corrected chi connectivity index (χ3v) is 10.6. The van der Waals surface area contributed by atoms with E-state index in [0.717, 1.165) is 65.1 Å². The van der Waals surface area contributed by atoms with Gasteiger partial charge in [0.15, 0.2) is 0 Å². The number of thiazole rings is 1. The summed E-state index contributed by atoms with van der Waals surface area (Å²) in [4.78, 5) is 16.8. The number of methoxy groups -OCH3 is 1. The van der Waals surface area contributed by atoms with E-state index in [0.29, 0.717) is 39.4 Å². The molecule has 3 aliphatic carbocycles. The number of halogens is 2. The maximum Gasteiger partial charge on any atom is 0.337 e. The average Bonchev–Trinajstić information content (AvgIpc) is 3.53. The molecule has 0 spiro atoms. The molecule has 10 heteroatoms. The SMILES string of the molecule is COC(=O)c1ccc2nc(C3(O)C4CCC3CC(OCc3c(-c5c(Cl)cccc5Cl)noc3C3CC3)C4)sc2c1. The Morgan fingerprint density at radius 2 is 1.85 bits per heavy atom. The van der Waals surface area contributed by atoms with E-state index < -0.39 is 5.60 Å². The van der Waals surface area contributed by atoms with E-state index in [1.807, 2.05) is 12.1 Å². The van der Waals surface area contributed by atoms with Crippen LogP contribution in [0.4, 0.5) is 0 Å². The molecule has 7 rings (SSSR count). The summed E-state index contributed by atoms with van der Waals surface area (Å²) in [6, 6.07) is 10.7. The Morgan fingerprint density at radius 1 is 1.12 bits per heavy atom. The number of esters is 1. The molecule has 1 N–H and O–H groups in total. The molecule has 3 aliphatic rings. The van der Waals surface area contributed by atoms with E-state index in [1.54, 1.807) is 24.3 Å². The highest BCUT2D eigenvalue weighted by Gasteiger charge is 2.56. The van der Waals surface area contributed by atoms with Gasteiger partial charge in [0.25, 0.3) is 0 Å². The molecule has 2 bridgehead atoms. The van der Waals surface area contributed by atoms with Crippen molar-refractivity contribution in [2.45, 2.75) is 62.8 Å². The number of carbonyl (C=O) groups is 1. The van der Waals surface area contributed by atoms with Crippen LogP contribution in [0.1, 0.15) is 71.1 Å². The zero-order valence-electron chi connectivity index (χ0n) is 21.9. The van der Waals surface area contributed by atoms with Crippen LogP contribution in [0.2, 0.25) is 10.0 Å². The first-order valence-corrected chi connectivity index (χ1v) is 15.2. The van der Waals surface area contributed by atoms with Gasteiger partial charge in [0.05, 0.1) is 45.6 Å². The smallest absolute Gasteiger partial charge is 0.337 e. The number of ether oxygens (including phenoxy) is 2. The number of benzene rings is 2. The van der Waals surface area contributed by atoms with Gasteiger partial charge < -0.3 is 19.1 Å². The molecule has 2 heterocycles. The summed E-state index contributed by atoms with van der Waals surface area (Å²) < 4.78 is 18.1. The van der Waals surface area contributed by atoms with E-state index in [2.05, 4.69) is 5.16 Å². The zero-order valence-corrected chi connectivity index (χ0v) is 24.2. The van der Waals surface area contributed by atoms with Crippen molar-refractivity contribution >= 4 is 50.7 Å². The van der Waals surface area contributed by atoms with E-state index in [1.165, 1.54) is 18.4 Å². The van der Waals surface area contributed by atoms with Crippen molar-refractivity contribution in [3.8, 4) is 11.3 Å². The van der Waals surface area contributed by atoms with Crippen LogP contribution < -0.4 is 0 Å². The number of fused-ring (bicyclic) bond motifs is 3.